The van der Waals surface area contributed by atoms with Gasteiger partial charge >= 0.3 is 0 Å². The molecule has 1 N–H and O–H groups in total. The predicted octanol–water partition coefficient (Wildman–Crippen LogP) is 4.60. The van der Waals surface area contributed by atoms with Crippen LogP contribution in [0.1, 0.15) is 60.4 Å². The van der Waals surface area contributed by atoms with E-state index in [9.17, 15) is 0 Å². The highest BCUT2D eigenvalue weighted by Crippen LogP contribution is 2.35. The summed E-state index contributed by atoms with van der Waals surface area (Å²) in [6, 6.07) is 2.99. The van der Waals surface area contributed by atoms with Gasteiger partial charge in [-0.25, -0.2) is 0 Å². The Morgan fingerprint density at radius 1 is 1.35 bits per heavy atom. The Hall–Kier alpha value is -0.340. The van der Waals surface area contributed by atoms with Gasteiger partial charge in [0, 0.05) is 15.8 Å². The van der Waals surface area contributed by atoms with Crippen LogP contribution in [-0.2, 0) is 0 Å². The van der Waals surface area contributed by atoms with E-state index in [0.717, 1.165) is 12.5 Å². The lowest BCUT2D eigenvalue weighted by molar-refractivity contribution is 0.404. The number of hydrogen-bond donors (Lipinski definition) is 1. The lowest BCUT2D eigenvalue weighted by Crippen LogP contribution is -2.22. The monoisotopic (exact) mass is 251 g/mol. The number of rotatable bonds is 5. The fourth-order valence-corrected chi connectivity index (χ4v) is 4.03. The van der Waals surface area contributed by atoms with Crippen molar-refractivity contribution in [1.29, 1.82) is 0 Å². The summed E-state index contributed by atoms with van der Waals surface area (Å²) in [4.78, 5) is 3.03. The molecule has 96 valence electrons. The van der Waals surface area contributed by atoms with E-state index in [4.69, 9.17) is 0 Å². The average Bonchev–Trinajstić information content (AvgIpc) is 2.90. The van der Waals surface area contributed by atoms with Gasteiger partial charge in [-0.15, -0.1) is 11.3 Å². The van der Waals surface area contributed by atoms with E-state index in [1.165, 1.54) is 42.5 Å². The first-order valence-corrected chi connectivity index (χ1v) is 7.82. The highest BCUT2D eigenvalue weighted by molar-refractivity contribution is 7.12. The maximum absolute atomic E-state index is 3.68. The lowest BCUT2D eigenvalue weighted by Gasteiger charge is -2.20. The molecule has 17 heavy (non-hydrogen) atoms. The quantitative estimate of drug-likeness (QED) is 0.806. The van der Waals surface area contributed by atoms with Gasteiger partial charge in [-0.05, 0) is 44.4 Å². The fourth-order valence-electron chi connectivity index (χ4n) is 2.90. The standard InChI is InChI=1S/C15H25NS/c1-4-16-14(10-13-7-5-6-8-13)15-9-11(2)12(3)17-15/h9,13-14,16H,4-8,10H2,1-3H3. The molecule has 0 spiro atoms. The molecule has 0 radical (unpaired) electrons. The summed E-state index contributed by atoms with van der Waals surface area (Å²) in [5.74, 6) is 0.960. The highest BCUT2D eigenvalue weighted by atomic mass is 32.1. The first-order valence-electron chi connectivity index (χ1n) is 7.01. The van der Waals surface area contributed by atoms with Crippen LogP contribution in [-0.4, -0.2) is 6.54 Å². The highest BCUT2D eigenvalue weighted by Gasteiger charge is 2.22. The van der Waals surface area contributed by atoms with Crippen molar-refractivity contribution in [3.05, 3.63) is 21.4 Å². The molecular weight excluding hydrogens is 226 g/mol. The molecule has 1 atom stereocenters. The zero-order chi connectivity index (χ0) is 12.3. The molecule has 1 heterocycles. The Morgan fingerprint density at radius 2 is 2.06 bits per heavy atom. The maximum Gasteiger partial charge on any atom is 0.0417 e. The van der Waals surface area contributed by atoms with Gasteiger partial charge in [-0.3, -0.25) is 0 Å². The molecule has 0 aliphatic heterocycles. The molecule has 1 unspecified atom stereocenters. The van der Waals surface area contributed by atoms with Gasteiger partial charge in [0.05, 0.1) is 0 Å². The smallest absolute Gasteiger partial charge is 0.0417 e. The average molecular weight is 251 g/mol. The van der Waals surface area contributed by atoms with Crippen LogP contribution >= 0.6 is 11.3 Å². The molecule has 1 saturated carbocycles. The van der Waals surface area contributed by atoms with Crippen LogP contribution in [0, 0.1) is 19.8 Å². The van der Waals surface area contributed by atoms with Crippen LogP contribution in [0.25, 0.3) is 0 Å². The summed E-state index contributed by atoms with van der Waals surface area (Å²) < 4.78 is 0. The first-order chi connectivity index (χ1) is 8.20. The summed E-state index contributed by atoms with van der Waals surface area (Å²) in [6.07, 6.45) is 7.14. The van der Waals surface area contributed by atoms with E-state index in [1.807, 2.05) is 11.3 Å². The van der Waals surface area contributed by atoms with Gasteiger partial charge in [0.25, 0.3) is 0 Å². The second-order valence-corrected chi connectivity index (χ2v) is 6.67. The molecule has 1 nitrogen and oxygen atoms in total. The molecule has 0 aromatic carbocycles. The fraction of sp³-hybridized carbons (Fsp3) is 0.733. The molecule has 1 aromatic rings. The van der Waals surface area contributed by atoms with Crippen molar-refractivity contribution in [1.82, 2.24) is 5.32 Å². The Morgan fingerprint density at radius 3 is 2.59 bits per heavy atom. The predicted molar refractivity (Wildman–Crippen MR) is 76.8 cm³/mol. The van der Waals surface area contributed by atoms with E-state index >= 15 is 0 Å². The molecule has 0 amide bonds. The van der Waals surface area contributed by atoms with Crippen molar-refractivity contribution >= 4 is 11.3 Å². The minimum absolute atomic E-state index is 0.598. The van der Waals surface area contributed by atoms with Crippen LogP contribution in [0.2, 0.25) is 0 Å². The third kappa shape index (κ3) is 3.32. The molecule has 2 rings (SSSR count). The van der Waals surface area contributed by atoms with Crippen LogP contribution < -0.4 is 5.32 Å². The summed E-state index contributed by atoms with van der Waals surface area (Å²) in [5, 5.41) is 3.68. The molecule has 1 aliphatic rings. The Kier molecular flexibility index (Phi) is 4.63. The normalized spacial score (nSPS) is 18.8. The zero-order valence-corrected chi connectivity index (χ0v) is 12.2. The minimum Gasteiger partial charge on any atom is -0.310 e. The molecule has 0 bridgehead atoms. The largest absolute Gasteiger partial charge is 0.310 e. The summed E-state index contributed by atoms with van der Waals surface area (Å²) >= 11 is 1.98. The minimum atomic E-state index is 0.598. The van der Waals surface area contributed by atoms with Gasteiger partial charge in [-0.1, -0.05) is 32.6 Å². The van der Waals surface area contributed by atoms with Gasteiger partial charge in [0.2, 0.25) is 0 Å². The van der Waals surface area contributed by atoms with Gasteiger partial charge < -0.3 is 5.32 Å². The molecular formula is C15H25NS. The summed E-state index contributed by atoms with van der Waals surface area (Å²) in [7, 11) is 0. The second kappa shape index (κ2) is 6.01. The van der Waals surface area contributed by atoms with Gasteiger partial charge in [0.1, 0.15) is 0 Å². The Bertz CT molecular complexity index is 330. The van der Waals surface area contributed by atoms with Crippen molar-refractivity contribution in [3.63, 3.8) is 0 Å². The van der Waals surface area contributed by atoms with Crippen LogP contribution in [0.5, 0.6) is 0 Å². The van der Waals surface area contributed by atoms with Crippen LogP contribution in [0.3, 0.4) is 0 Å². The van der Waals surface area contributed by atoms with Gasteiger partial charge in [-0.2, -0.15) is 0 Å². The second-order valence-electron chi connectivity index (χ2n) is 5.38. The third-order valence-electron chi connectivity index (χ3n) is 4.02. The Labute approximate surface area is 110 Å². The molecule has 0 saturated heterocycles. The molecule has 1 aliphatic carbocycles. The zero-order valence-electron chi connectivity index (χ0n) is 11.4. The molecule has 1 fully saturated rings. The number of thiophene rings is 1. The number of nitrogens with one attached hydrogen (secondary N) is 1. The SMILES string of the molecule is CCNC(CC1CCCC1)c1cc(C)c(C)s1. The van der Waals surface area contributed by atoms with Crippen LogP contribution in [0.4, 0.5) is 0 Å². The van der Waals surface area contributed by atoms with Crippen molar-refractivity contribution in [2.75, 3.05) is 6.54 Å². The van der Waals surface area contributed by atoms with Crippen molar-refractivity contribution in [2.24, 2.45) is 5.92 Å². The lowest BCUT2D eigenvalue weighted by atomic mass is 9.97. The van der Waals surface area contributed by atoms with Crippen molar-refractivity contribution in [3.8, 4) is 0 Å². The van der Waals surface area contributed by atoms with E-state index < -0.39 is 0 Å². The number of aryl methyl sites for hydroxylation is 2. The van der Waals surface area contributed by atoms with Crippen molar-refractivity contribution < 1.29 is 0 Å². The first kappa shape index (κ1) is 13.1. The molecule has 1 aromatic heterocycles. The topological polar surface area (TPSA) is 12.0 Å². The number of hydrogen-bond acceptors (Lipinski definition) is 2. The summed E-state index contributed by atoms with van der Waals surface area (Å²) in [6.45, 7) is 7.76. The molecule has 2 heteroatoms. The van der Waals surface area contributed by atoms with E-state index in [2.05, 4.69) is 32.2 Å². The van der Waals surface area contributed by atoms with E-state index in [0.29, 0.717) is 6.04 Å². The van der Waals surface area contributed by atoms with Crippen LogP contribution in [0.15, 0.2) is 6.07 Å². The Balaban J connectivity index is 2.04. The van der Waals surface area contributed by atoms with E-state index in [-0.39, 0.29) is 0 Å². The third-order valence-corrected chi connectivity index (χ3v) is 5.29. The maximum atomic E-state index is 3.68. The summed E-state index contributed by atoms with van der Waals surface area (Å²) in [5.41, 5.74) is 1.46. The van der Waals surface area contributed by atoms with E-state index in [1.54, 1.807) is 4.88 Å². The van der Waals surface area contributed by atoms with Crippen molar-refractivity contribution in [2.45, 2.75) is 58.9 Å². The van der Waals surface area contributed by atoms with Gasteiger partial charge in [0.15, 0.2) is 0 Å².